The zero-order chi connectivity index (χ0) is 14.4. The summed E-state index contributed by atoms with van der Waals surface area (Å²) in [6.07, 6.45) is -0.347. The van der Waals surface area contributed by atoms with E-state index < -0.39 is 0 Å². The molecule has 110 valence electrons. The van der Waals surface area contributed by atoms with Gasteiger partial charge in [-0.1, -0.05) is 0 Å². The van der Waals surface area contributed by atoms with E-state index in [-0.39, 0.29) is 24.6 Å². The molecule has 7 nitrogen and oxygen atoms in total. The van der Waals surface area contributed by atoms with Crippen molar-refractivity contribution in [2.45, 2.75) is 6.04 Å². The van der Waals surface area contributed by atoms with Crippen LogP contribution >= 0.6 is 0 Å². The number of cyclic esters (lactones) is 1. The second kappa shape index (κ2) is 4.63. The number of hydrogen-bond acceptors (Lipinski definition) is 5. The van der Waals surface area contributed by atoms with Crippen molar-refractivity contribution < 1.29 is 23.8 Å². The lowest BCUT2D eigenvalue weighted by atomic mass is 10.1. The summed E-state index contributed by atoms with van der Waals surface area (Å²) in [6, 6.07) is 5.34. The molecule has 0 radical (unpaired) electrons. The average molecular weight is 290 g/mol. The van der Waals surface area contributed by atoms with Crippen molar-refractivity contribution >= 4 is 23.4 Å². The number of ether oxygens (including phenoxy) is 3. The van der Waals surface area contributed by atoms with E-state index in [1.54, 1.807) is 21.9 Å². The summed E-state index contributed by atoms with van der Waals surface area (Å²) in [7, 11) is 0. The molecule has 0 aromatic heterocycles. The minimum Gasteiger partial charge on any atom is -0.489 e. The van der Waals surface area contributed by atoms with Crippen molar-refractivity contribution in [3.63, 3.8) is 0 Å². The van der Waals surface area contributed by atoms with Gasteiger partial charge in [0.25, 0.3) is 5.91 Å². The molecule has 3 aliphatic heterocycles. The van der Waals surface area contributed by atoms with Crippen LogP contribution in [0, 0.1) is 0 Å². The lowest BCUT2D eigenvalue weighted by Gasteiger charge is -2.31. The summed E-state index contributed by atoms with van der Waals surface area (Å²) in [5.74, 6) is 0.525. The molecule has 2 saturated heterocycles. The summed E-state index contributed by atoms with van der Waals surface area (Å²) in [4.78, 5) is 26.9. The fourth-order valence-electron chi connectivity index (χ4n) is 2.84. The van der Waals surface area contributed by atoms with E-state index >= 15 is 0 Å². The van der Waals surface area contributed by atoms with Gasteiger partial charge < -0.3 is 19.1 Å². The molecule has 0 saturated carbocycles. The third-order valence-electron chi connectivity index (χ3n) is 3.89. The Morgan fingerprint density at radius 3 is 2.86 bits per heavy atom. The van der Waals surface area contributed by atoms with Gasteiger partial charge in [-0.25, -0.2) is 4.79 Å². The Bertz CT molecular complexity index is 617. The van der Waals surface area contributed by atoms with Crippen LogP contribution in [0.25, 0.3) is 0 Å². The standard InChI is InChI=1S/C14H14N2O5/c17-13-8-19-4-3-15(13)9-1-2-11-12(5-9)20-6-10-7-21-14(18)16(10)11/h1-2,5,10H,3-4,6-8H2/t10-/m0/s1. The van der Waals surface area contributed by atoms with Crippen LogP contribution in [0.2, 0.25) is 0 Å². The molecule has 0 unspecified atom stereocenters. The quantitative estimate of drug-likeness (QED) is 0.764. The maximum absolute atomic E-state index is 11.9. The van der Waals surface area contributed by atoms with Gasteiger partial charge in [0.1, 0.15) is 31.6 Å². The molecule has 2 amide bonds. The molecule has 1 atom stereocenters. The lowest BCUT2D eigenvalue weighted by molar-refractivity contribution is -0.125. The average Bonchev–Trinajstić information content (AvgIpc) is 2.89. The molecule has 0 N–H and O–H groups in total. The van der Waals surface area contributed by atoms with E-state index in [9.17, 15) is 9.59 Å². The molecular formula is C14H14N2O5. The number of fused-ring (bicyclic) bond motifs is 3. The van der Waals surface area contributed by atoms with E-state index in [4.69, 9.17) is 14.2 Å². The highest BCUT2D eigenvalue weighted by molar-refractivity contribution is 5.97. The first-order valence-corrected chi connectivity index (χ1v) is 6.85. The maximum atomic E-state index is 11.9. The molecule has 7 heteroatoms. The Morgan fingerprint density at radius 2 is 2.00 bits per heavy atom. The molecule has 1 aromatic carbocycles. The van der Waals surface area contributed by atoms with Crippen molar-refractivity contribution in [2.75, 3.05) is 42.8 Å². The van der Waals surface area contributed by atoms with Crippen molar-refractivity contribution in [1.82, 2.24) is 0 Å². The largest absolute Gasteiger partial charge is 0.489 e. The van der Waals surface area contributed by atoms with E-state index in [1.165, 1.54) is 0 Å². The zero-order valence-corrected chi connectivity index (χ0v) is 11.3. The van der Waals surface area contributed by atoms with Gasteiger partial charge in [0, 0.05) is 18.3 Å². The number of carbonyl (C=O) groups is 2. The van der Waals surface area contributed by atoms with E-state index in [0.29, 0.717) is 37.8 Å². The van der Waals surface area contributed by atoms with Crippen molar-refractivity contribution in [2.24, 2.45) is 0 Å². The van der Waals surface area contributed by atoms with Crippen LogP contribution in [0.5, 0.6) is 5.75 Å². The summed E-state index contributed by atoms with van der Waals surface area (Å²) in [5, 5.41) is 0. The van der Waals surface area contributed by atoms with Crippen LogP contribution in [0.4, 0.5) is 16.2 Å². The van der Waals surface area contributed by atoms with E-state index in [0.717, 1.165) is 5.69 Å². The first-order valence-electron chi connectivity index (χ1n) is 6.85. The van der Waals surface area contributed by atoms with Gasteiger partial charge in [-0.05, 0) is 12.1 Å². The lowest BCUT2D eigenvalue weighted by Crippen LogP contribution is -2.43. The highest BCUT2D eigenvalue weighted by Gasteiger charge is 2.39. The van der Waals surface area contributed by atoms with Gasteiger partial charge in [0.2, 0.25) is 0 Å². The molecule has 1 aromatic rings. The van der Waals surface area contributed by atoms with Crippen molar-refractivity contribution in [1.29, 1.82) is 0 Å². The normalized spacial score (nSPS) is 24.3. The Morgan fingerprint density at radius 1 is 1.14 bits per heavy atom. The number of carbonyl (C=O) groups excluding carboxylic acids is 2. The van der Waals surface area contributed by atoms with Gasteiger partial charge in [0.05, 0.1) is 12.3 Å². The van der Waals surface area contributed by atoms with Gasteiger partial charge in [-0.2, -0.15) is 0 Å². The van der Waals surface area contributed by atoms with E-state index in [2.05, 4.69) is 0 Å². The minimum atomic E-state index is -0.347. The summed E-state index contributed by atoms with van der Waals surface area (Å²) < 4.78 is 15.9. The van der Waals surface area contributed by atoms with Crippen molar-refractivity contribution in [3.8, 4) is 5.75 Å². The maximum Gasteiger partial charge on any atom is 0.414 e. The van der Waals surface area contributed by atoms with Crippen LogP contribution < -0.4 is 14.5 Å². The summed E-state index contributed by atoms with van der Waals surface area (Å²) in [5.41, 5.74) is 1.45. The van der Waals surface area contributed by atoms with Gasteiger partial charge in [0.15, 0.2) is 0 Å². The molecule has 3 aliphatic rings. The third-order valence-corrected chi connectivity index (χ3v) is 3.89. The smallest absolute Gasteiger partial charge is 0.414 e. The number of benzene rings is 1. The molecule has 3 heterocycles. The summed E-state index contributed by atoms with van der Waals surface area (Å²) >= 11 is 0. The molecular weight excluding hydrogens is 276 g/mol. The zero-order valence-electron chi connectivity index (χ0n) is 11.3. The summed E-state index contributed by atoms with van der Waals surface area (Å²) in [6.45, 7) is 1.88. The second-order valence-corrected chi connectivity index (χ2v) is 5.16. The molecule has 0 spiro atoms. The van der Waals surface area contributed by atoms with Crippen LogP contribution in [0.15, 0.2) is 18.2 Å². The molecule has 0 aliphatic carbocycles. The first kappa shape index (κ1) is 12.5. The van der Waals surface area contributed by atoms with E-state index in [1.807, 2.05) is 6.07 Å². The molecule has 0 bridgehead atoms. The third kappa shape index (κ3) is 1.92. The number of morpholine rings is 1. The predicted molar refractivity (Wildman–Crippen MR) is 72.7 cm³/mol. The first-order chi connectivity index (χ1) is 10.2. The van der Waals surface area contributed by atoms with Crippen LogP contribution in [-0.2, 0) is 14.3 Å². The van der Waals surface area contributed by atoms with Crippen LogP contribution in [0.3, 0.4) is 0 Å². The SMILES string of the molecule is O=C1COCCN1c1ccc2c(c1)OC[C@H]1COC(=O)N21. The highest BCUT2D eigenvalue weighted by Crippen LogP contribution is 2.39. The van der Waals surface area contributed by atoms with Crippen LogP contribution in [-0.4, -0.2) is 51.0 Å². The fourth-order valence-corrected chi connectivity index (χ4v) is 2.84. The molecule has 4 rings (SSSR count). The number of anilines is 2. The second-order valence-electron chi connectivity index (χ2n) is 5.16. The predicted octanol–water partition coefficient (Wildman–Crippen LogP) is 0.767. The Hall–Kier alpha value is -2.28. The molecule has 21 heavy (non-hydrogen) atoms. The molecule has 2 fully saturated rings. The fraction of sp³-hybridized carbons (Fsp3) is 0.429. The number of amides is 2. The monoisotopic (exact) mass is 290 g/mol. The topological polar surface area (TPSA) is 68.3 Å². The van der Waals surface area contributed by atoms with Crippen LogP contribution in [0.1, 0.15) is 0 Å². The Labute approximate surface area is 121 Å². The van der Waals surface area contributed by atoms with Gasteiger partial charge in [-0.3, -0.25) is 9.69 Å². The number of rotatable bonds is 1. The van der Waals surface area contributed by atoms with Gasteiger partial charge >= 0.3 is 6.09 Å². The highest BCUT2D eigenvalue weighted by atomic mass is 16.6. The minimum absolute atomic E-state index is 0.0686. The number of hydrogen-bond donors (Lipinski definition) is 0. The Balaban J connectivity index is 1.68. The number of nitrogens with zero attached hydrogens (tertiary/aromatic N) is 2. The Kier molecular flexibility index (Phi) is 2.75. The van der Waals surface area contributed by atoms with Gasteiger partial charge in [-0.15, -0.1) is 0 Å². The van der Waals surface area contributed by atoms with Crippen molar-refractivity contribution in [3.05, 3.63) is 18.2 Å².